The summed E-state index contributed by atoms with van der Waals surface area (Å²) in [6.45, 7) is 6.72. The van der Waals surface area contributed by atoms with E-state index in [1.165, 1.54) is 12.1 Å². The predicted molar refractivity (Wildman–Crippen MR) is 164 cm³/mol. The van der Waals surface area contributed by atoms with Crippen LogP contribution in [-0.4, -0.2) is 57.6 Å². The number of likely N-dealkylation sites (N-methyl/N-ethyl adjacent to an activating group) is 1. The van der Waals surface area contributed by atoms with Crippen LogP contribution in [0, 0.1) is 5.82 Å². The third-order valence-corrected chi connectivity index (χ3v) is 7.19. The van der Waals surface area contributed by atoms with Gasteiger partial charge in [-0.05, 0) is 79.3 Å². The largest absolute Gasteiger partial charge is 0.355 e. The minimum atomic E-state index is -0.303. The molecule has 3 N–H and O–H groups in total. The molecule has 0 amide bonds. The highest BCUT2D eigenvalue weighted by atomic mass is 35.5. The Kier molecular flexibility index (Phi) is 7.75. The highest BCUT2D eigenvalue weighted by Gasteiger charge is 2.20. The van der Waals surface area contributed by atoms with Crippen molar-refractivity contribution in [2.45, 2.75) is 6.92 Å². The Balaban J connectivity index is 1.22. The van der Waals surface area contributed by atoms with Gasteiger partial charge in [-0.15, -0.1) is 0 Å². The smallest absolute Gasteiger partial charge is 0.233 e. The second-order valence-electron chi connectivity index (χ2n) is 9.68. The summed E-state index contributed by atoms with van der Waals surface area (Å²) < 4.78 is 13.4. The van der Waals surface area contributed by atoms with Gasteiger partial charge in [-0.3, -0.25) is 4.98 Å². The molecule has 5 aromatic rings. The Hall–Kier alpha value is -4.54. The molecule has 3 heterocycles. The Labute approximate surface area is 242 Å². The van der Waals surface area contributed by atoms with Crippen molar-refractivity contribution in [2.75, 3.05) is 53.6 Å². The molecular formula is C30H29ClFN9. The molecule has 2 aromatic heterocycles. The van der Waals surface area contributed by atoms with E-state index in [0.717, 1.165) is 60.7 Å². The van der Waals surface area contributed by atoms with Crippen molar-refractivity contribution < 1.29 is 4.39 Å². The van der Waals surface area contributed by atoms with E-state index < -0.39 is 0 Å². The molecule has 1 fully saturated rings. The number of halogens is 2. The lowest BCUT2D eigenvalue weighted by Crippen LogP contribution is -2.46. The molecule has 208 valence electrons. The predicted octanol–water partition coefficient (Wildman–Crippen LogP) is 6.59. The molecule has 0 aliphatic carbocycles. The van der Waals surface area contributed by atoms with Crippen LogP contribution in [0.3, 0.4) is 0 Å². The summed E-state index contributed by atoms with van der Waals surface area (Å²) in [5.74, 6) is 1.08. The summed E-state index contributed by atoms with van der Waals surface area (Å²) in [6.07, 6.45) is 1.76. The molecule has 1 saturated heterocycles. The van der Waals surface area contributed by atoms with Crippen LogP contribution in [0.4, 0.5) is 45.0 Å². The normalized spacial score (nSPS) is 13.8. The lowest BCUT2D eigenvalue weighted by Gasteiger charge is -2.34. The Morgan fingerprint density at radius 1 is 0.756 bits per heavy atom. The molecule has 1 aliphatic heterocycles. The van der Waals surface area contributed by atoms with Gasteiger partial charge >= 0.3 is 0 Å². The number of hydrogen-bond acceptors (Lipinski definition) is 9. The lowest BCUT2D eigenvalue weighted by molar-refractivity contribution is 0.270. The van der Waals surface area contributed by atoms with E-state index in [-0.39, 0.29) is 5.82 Å². The molecule has 9 nitrogen and oxygen atoms in total. The number of fused-ring (bicyclic) bond motifs is 1. The van der Waals surface area contributed by atoms with Crippen molar-refractivity contribution in [3.05, 3.63) is 89.8 Å². The van der Waals surface area contributed by atoms with Crippen molar-refractivity contribution in [1.29, 1.82) is 0 Å². The second kappa shape index (κ2) is 11.9. The average molecular weight is 570 g/mol. The number of rotatable bonds is 8. The molecular weight excluding hydrogens is 541 g/mol. The Morgan fingerprint density at radius 3 is 2.00 bits per heavy atom. The molecule has 1 aliphatic rings. The number of nitrogens with one attached hydrogen (secondary N) is 3. The van der Waals surface area contributed by atoms with Gasteiger partial charge in [0.1, 0.15) is 5.82 Å². The van der Waals surface area contributed by atoms with E-state index in [9.17, 15) is 4.39 Å². The number of pyridine rings is 1. The van der Waals surface area contributed by atoms with Crippen molar-refractivity contribution in [1.82, 2.24) is 24.8 Å². The minimum Gasteiger partial charge on any atom is -0.355 e. The van der Waals surface area contributed by atoms with Gasteiger partial charge in [-0.25, -0.2) is 4.39 Å². The summed E-state index contributed by atoms with van der Waals surface area (Å²) in [5, 5.41) is 11.6. The summed E-state index contributed by atoms with van der Waals surface area (Å²) in [7, 11) is 0. The van der Waals surface area contributed by atoms with Gasteiger partial charge in [-0.2, -0.15) is 15.0 Å². The fraction of sp³-hybridized carbons (Fsp3) is 0.200. The molecule has 11 heteroatoms. The quantitative estimate of drug-likeness (QED) is 0.191. The zero-order valence-electron chi connectivity index (χ0n) is 22.5. The third-order valence-electron chi connectivity index (χ3n) is 6.95. The van der Waals surface area contributed by atoms with E-state index in [1.54, 1.807) is 18.3 Å². The summed E-state index contributed by atoms with van der Waals surface area (Å²) in [6, 6.07) is 21.6. The van der Waals surface area contributed by atoms with Crippen molar-refractivity contribution in [3.8, 4) is 0 Å². The van der Waals surface area contributed by atoms with Gasteiger partial charge in [0, 0.05) is 65.5 Å². The van der Waals surface area contributed by atoms with E-state index in [1.807, 2.05) is 48.5 Å². The molecule has 0 spiro atoms. The van der Waals surface area contributed by atoms with Gasteiger partial charge in [-0.1, -0.05) is 18.5 Å². The summed E-state index contributed by atoms with van der Waals surface area (Å²) in [4.78, 5) is 23.0. The van der Waals surface area contributed by atoms with Crippen LogP contribution in [0.2, 0.25) is 5.02 Å². The highest BCUT2D eigenvalue weighted by molar-refractivity contribution is 6.31. The molecule has 0 saturated carbocycles. The molecule has 41 heavy (non-hydrogen) atoms. The number of hydrogen-bond donors (Lipinski definition) is 3. The average Bonchev–Trinajstić information content (AvgIpc) is 2.99. The number of benzene rings is 3. The van der Waals surface area contributed by atoms with Crippen LogP contribution in [0.5, 0.6) is 0 Å². The first-order valence-electron chi connectivity index (χ1n) is 13.5. The van der Waals surface area contributed by atoms with Crippen LogP contribution < -0.4 is 20.9 Å². The van der Waals surface area contributed by atoms with Gasteiger partial charge in [0.15, 0.2) is 0 Å². The summed E-state index contributed by atoms with van der Waals surface area (Å²) >= 11 is 6.13. The second-order valence-corrected chi connectivity index (χ2v) is 10.1. The number of nitrogens with zero attached hydrogens (tertiary/aromatic N) is 6. The topological polar surface area (TPSA) is 94.1 Å². The maximum atomic E-state index is 13.4. The zero-order valence-corrected chi connectivity index (χ0v) is 23.2. The van der Waals surface area contributed by atoms with Crippen LogP contribution in [0.25, 0.3) is 10.9 Å². The molecule has 0 bridgehead atoms. The van der Waals surface area contributed by atoms with Crippen molar-refractivity contribution in [3.63, 3.8) is 0 Å². The third kappa shape index (κ3) is 6.45. The van der Waals surface area contributed by atoms with Gasteiger partial charge in [0.2, 0.25) is 17.8 Å². The van der Waals surface area contributed by atoms with Crippen LogP contribution in [-0.2, 0) is 0 Å². The van der Waals surface area contributed by atoms with E-state index >= 15 is 0 Å². The number of anilines is 7. The van der Waals surface area contributed by atoms with Gasteiger partial charge in [0.05, 0.1) is 5.52 Å². The molecule has 3 aromatic carbocycles. The first-order chi connectivity index (χ1) is 20.0. The molecule has 0 atom stereocenters. The number of piperazine rings is 1. The maximum Gasteiger partial charge on any atom is 0.233 e. The monoisotopic (exact) mass is 569 g/mol. The molecule has 0 unspecified atom stereocenters. The van der Waals surface area contributed by atoms with E-state index in [2.05, 4.69) is 47.6 Å². The fourth-order valence-electron chi connectivity index (χ4n) is 4.70. The minimum absolute atomic E-state index is 0.303. The lowest BCUT2D eigenvalue weighted by atomic mass is 10.2. The summed E-state index contributed by atoms with van der Waals surface area (Å²) in [5.41, 5.74) is 4.19. The Bertz CT molecular complexity index is 1640. The molecule has 0 radical (unpaired) electrons. The van der Waals surface area contributed by atoms with E-state index in [0.29, 0.717) is 28.6 Å². The first kappa shape index (κ1) is 26.7. The number of aromatic nitrogens is 4. The maximum absolute atomic E-state index is 13.4. The van der Waals surface area contributed by atoms with Gasteiger partial charge in [0.25, 0.3) is 0 Å². The molecule has 6 rings (SSSR count). The van der Waals surface area contributed by atoms with Crippen LogP contribution in [0.15, 0.2) is 79.0 Å². The Morgan fingerprint density at radius 2 is 1.37 bits per heavy atom. The first-order valence-corrected chi connectivity index (χ1v) is 13.8. The van der Waals surface area contributed by atoms with Crippen LogP contribution >= 0.6 is 11.6 Å². The zero-order chi connectivity index (χ0) is 28.2. The van der Waals surface area contributed by atoms with Crippen LogP contribution in [0.1, 0.15) is 6.92 Å². The fourth-order valence-corrected chi connectivity index (χ4v) is 4.86. The SMILES string of the molecule is CCN1CCN(c2nc(Nc3ccc(F)cc3)nc(Nc3ccc(Nc4ccnc5cc(Cl)ccc45)cc3)n2)CC1. The van der Waals surface area contributed by atoms with E-state index in [4.69, 9.17) is 16.6 Å². The van der Waals surface area contributed by atoms with Crippen molar-refractivity contribution >= 4 is 63.1 Å². The standard InChI is InChI=1S/C30H29ClFN9/c1-2-40-15-17-41(18-16-40)30-38-28(35-23-6-4-21(32)5-7-23)37-29(39-30)36-24-10-8-22(9-11-24)34-26-13-14-33-27-19-20(31)3-12-25(26)27/h3-14,19H,2,15-18H2,1H3,(H,33,34)(H2,35,36,37,38,39). The van der Waals surface area contributed by atoms with Crippen molar-refractivity contribution in [2.24, 2.45) is 0 Å². The highest BCUT2D eigenvalue weighted by Crippen LogP contribution is 2.28. The van der Waals surface area contributed by atoms with Gasteiger partial charge < -0.3 is 25.8 Å².